The van der Waals surface area contributed by atoms with Crippen LogP contribution in [0.15, 0.2) is 18.2 Å². The lowest BCUT2D eigenvalue weighted by Crippen LogP contribution is -2.43. The monoisotopic (exact) mass is 278 g/mol. The zero-order valence-corrected chi connectivity index (χ0v) is 12.1. The molecule has 110 valence electrons. The van der Waals surface area contributed by atoms with Crippen LogP contribution in [0.25, 0.3) is 0 Å². The maximum Gasteiger partial charge on any atom is 0.238 e. The van der Waals surface area contributed by atoms with Crippen molar-refractivity contribution < 1.29 is 9.59 Å². The molecule has 0 aliphatic carbocycles. The highest BCUT2D eigenvalue weighted by Gasteiger charge is 2.16. The van der Waals surface area contributed by atoms with Crippen LogP contribution in [0.4, 0.5) is 11.4 Å². The maximum atomic E-state index is 12.0. The van der Waals surface area contributed by atoms with E-state index in [1.807, 2.05) is 26.8 Å². The van der Waals surface area contributed by atoms with Crippen LogP contribution in [-0.4, -0.2) is 35.8 Å². The molecule has 2 amide bonds. The average molecular weight is 278 g/mol. The first-order valence-corrected chi connectivity index (χ1v) is 6.48. The SMILES string of the molecule is Cc1ccc(N)cc1NC(=O)CN(CC(N)=O)C(C)C. The summed E-state index contributed by atoms with van der Waals surface area (Å²) < 4.78 is 0. The zero-order chi connectivity index (χ0) is 15.3. The second-order valence-electron chi connectivity index (χ2n) is 5.09. The van der Waals surface area contributed by atoms with E-state index in [0.717, 1.165) is 5.56 Å². The minimum atomic E-state index is -0.452. The number of benzene rings is 1. The van der Waals surface area contributed by atoms with Gasteiger partial charge in [0.2, 0.25) is 11.8 Å². The number of nitrogens with one attached hydrogen (secondary N) is 1. The molecule has 0 aliphatic heterocycles. The number of primary amides is 1. The van der Waals surface area contributed by atoms with Crippen molar-refractivity contribution in [1.29, 1.82) is 0 Å². The molecule has 1 rings (SSSR count). The molecule has 1 aromatic rings. The second kappa shape index (κ2) is 6.91. The molecule has 0 aliphatic rings. The molecular formula is C14H22N4O2. The molecule has 1 aromatic carbocycles. The fourth-order valence-electron chi connectivity index (χ4n) is 1.77. The predicted molar refractivity (Wildman–Crippen MR) is 80.1 cm³/mol. The van der Waals surface area contributed by atoms with Gasteiger partial charge >= 0.3 is 0 Å². The summed E-state index contributed by atoms with van der Waals surface area (Å²) in [6.45, 7) is 5.86. The molecule has 0 bridgehead atoms. The lowest BCUT2D eigenvalue weighted by atomic mass is 10.2. The first kappa shape index (κ1) is 16.0. The Labute approximate surface area is 119 Å². The Bertz CT molecular complexity index is 500. The molecule has 20 heavy (non-hydrogen) atoms. The zero-order valence-electron chi connectivity index (χ0n) is 12.1. The third-order valence-electron chi connectivity index (χ3n) is 2.97. The van der Waals surface area contributed by atoms with Crippen LogP contribution in [0.1, 0.15) is 19.4 Å². The average Bonchev–Trinajstić information content (AvgIpc) is 2.32. The molecule has 0 radical (unpaired) electrons. The normalized spacial score (nSPS) is 10.8. The summed E-state index contributed by atoms with van der Waals surface area (Å²) >= 11 is 0. The number of carbonyl (C=O) groups is 2. The van der Waals surface area contributed by atoms with Crippen LogP contribution in [0.2, 0.25) is 0 Å². The van der Waals surface area contributed by atoms with Gasteiger partial charge in [0, 0.05) is 17.4 Å². The standard InChI is InChI=1S/C14H22N4O2/c1-9(2)18(7-13(16)19)8-14(20)17-12-6-11(15)5-4-10(12)3/h4-6,9H,7-8,15H2,1-3H3,(H2,16,19)(H,17,20). The summed E-state index contributed by atoms with van der Waals surface area (Å²) in [5, 5.41) is 2.80. The summed E-state index contributed by atoms with van der Waals surface area (Å²) in [6.07, 6.45) is 0. The van der Waals surface area contributed by atoms with E-state index < -0.39 is 5.91 Å². The van der Waals surface area contributed by atoms with Crippen molar-refractivity contribution >= 4 is 23.2 Å². The molecule has 5 N–H and O–H groups in total. The Morgan fingerprint density at radius 1 is 1.30 bits per heavy atom. The van der Waals surface area contributed by atoms with E-state index >= 15 is 0 Å². The van der Waals surface area contributed by atoms with E-state index in [4.69, 9.17) is 11.5 Å². The molecule has 0 atom stereocenters. The van der Waals surface area contributed by atoms with E-state index in [-0.39, 0.29) is 25.0 Å². The number of hydrogen-bond donors (Lipinski definition) is 3. The van der Waals surface area contributed by atoms with Crippen molar-refractivity contribution in [2.45, 2.75) is 26.8 Å². The molecule has 6 nitrogen and oxygen atoms in total. The number of nitrogens with two attached hydrogens (primary N) is 2. The molecule has 0 heterocycles. The maximum absolute atomic E-state index is 12.0. The number of anilines is 2. The first-order valence-electron chi connectivity index (χ1n) is 6.48. The van der Waals surface area contributed by atoms with Crippen LogP contribution >= 0.6 is 0 Å². The predicted octanol–water partition coefficient (Wildman–Crippen LogP) is 0.711. The van der Waals surface area contributed by atoms with Gasteiger partial charge in [-0.2, -0.15) is 0 Å². The van der Waals surface area contributed by atoms with Gasteiger partial charge in [-0.05, 0) is 38.5 Å². The molecule has 6 heteroatoms. The first-order chi connectivity index (χ1) is 9.29. The van der Waals surface area contributed by atoms with Crippen molar-refractivity contribution in [3.8, 4) is 0 Å². The van der Waals surface area contributed by atoms with Gasteiger partial charge < -0.3 is 16.8 Å². The largest absolute Gasteiger partial charge is 0.399 e. The van der Waals surface area contributed by atoms with E-state index in [2.05, 4.69) is 5.32 Å². The highest BCUT2D eigenvalue weighted by Crippen LogP contribution is 2.18. The van der Waals surface area contributed by atoms with Crippen LogP contribution in [-0.2, 0) is 9.59 Å². The Kier molecular flexibility index (Phi) is 5.52. The quantitative estimate of drug-likeness (QED) is 0.667. The van der Waals surface area contributed by atoms with Gasteiger partial charge in [0.15, 0.2) is 0 Å². The molecule has 0 spiro atoms. The number of amides is 2. The Morgan fingerprint density at radius 2 is 1.95 bits per heavy atom. The van der Waals surface area contributed by atoms with E-state index in [1.54, 1.807) is 17.0 Å². The summed E-state index contributed by atoms with van der Waals surface area (Å²) in [7, 11) is 0. The topological polar surface area (TPSA) is 101 Å². The number of rotatable bonds is 6. The Hall–Kier alpha value is -2.08. The minimum Gasteiger partial charge on any atom is -0.399 e. The fraction of sp³-hybridized carbons (Fsp3) is 0.429. The Morgan fingerprint density at radius 3 is 2.50 bits per heavy atom. The summed E-state index contributed by atoms with van der Waals surface area (Å²) in [5.41, 5.74) is 13.1. The lowest BCUT2D eigenvalue weighted by molar-refractivity contribution is -0.121. The third kappa shape index (κ3) is 4.89. The molecule has 0 saturated heterocycles. The number of nitrogens with zero attached hydrogens (tertiary/aromatic N) is 1. The van der Waals surface area contributed by atoms with Crippen molar-refractivity contribution in [3.05, 3.63) is 23.8 Å². The highest BCUT2D eigenvalue weighted by molar-refractivity contribution is 5.93. The summed E-state index contributed by atoms with van der Waals surface area (Å²) in [5.74, 6) is -0.653. The van der Waals surface area contributed by atoms with Crippen LogP contribution in [0, 0.1) is 6.92 Å². The van der Waals surface area contributed by atoms with Crippen LogP contribution in [0.5, 0.6) is 0 Å². The minimum absolute atomic E-state index is 0.0511. The molecule has 0 aromatic heterocycles. The summed E-state index contributed by atoms with van der Waals surface area (Å²) in [4.78, 5) is 24.7. The number of nitrogen functional groups attached to an aromatic ring is 1. The second-order valence-corrected chi connectivity index (χ2v) is 5.09. The van der Waals surface area contributed by atoms with Crippen molar-refractivity contribution in [3.63, 3.8) is 0 Å². The fourth-order valence-corrected chi connectivity index (χ4v) is 1.77. The van der Waals surface area contributed by atoms with Gasteiger partial charge in [-0.25, -0.2) is 0 Å². The number of aryl methyl sites for hydroxylation is 1. The van der Waals surface area contributed by atoms with Crippen molar-refractivity contribution in [1.82, 2.24) is 4.90 Å². The van der Waals surface area contributed by atoms with E-state index in [0.29, 0.717) is 11.4 Å². The Balaban J connectivity index is 2.70. The van der Waals surface area contributed by atoms with Crippen molar-refractivity contribution in [2.75, 3.05) is 24.1 Å². The van der Waals surface area contributed by atoms with Crippen molar-refractivity contribution in [2.24, 2.45) is 5.73 Å². The summed E-state index contributed by atoms with van der Waals surface area (Å²) in [6, 6.07) is 5.38. The molecule has 0 saturated carbocycles. The van der Waals surface area contributed by atoms with Gasteiger partial charge in [-0.15, -0.1) is 0 Å². The van der Waals surface area contributed by atoms with Gasteiger partial charge in [-0.1, -0.05) is 6.07 Å². The van der Waals surface area contributed by atoms with E-state index in [9.17, 15) is 9.59 Å². The number of carbonyl (C=O) groups excluding carboxylic acids is 2. The molecular weight excluding hydrogens is 256 g/mol. The van der Waals surface area contributed by atoms with Gasteiger partial charge in [-0.3, -0.25) is 14.5 Å². The molecule has 0 unspecified atom stereocenters. The van der Waals surface area contributed by atoms with E-state index in [1.165, 1.54) is 0 Å². The van der Waals surface area contributed by atoms with Gasteiger partial charge in [0.25, 0.3) is 0 Å². The smallest absolute Gasteiger partial charge is 0.238 e. The third-order valence-corrected chi connectivity index (χ3v) is 2.97. The van der Waals surface area contributed by atoms with Crippen LogP contribution in [0.3, 0.4) is 0 Å². The lowest BCUT2D eigenvalue weighted by Gasteiger charge is -2.24. The van der Waals surface area contributed by atoms with Gasteiger partial charge in [0.05, 0.1) is 13.1 Å². The number of hydrogen-bond acceptors (Lipinski definition) is 4. The molecule has 0 fully saturated rings. The van der Waals surface area contributed by atoms with Crippen LogP contribution < -0.4 is 16.8 Å². The van der Waals surface area contributed by atoms with Gasteiger partial charge in [0.1, 0.15) is 0 Å². The highest BCUT2D eigenvalue weighted by atomic mass is 16.2.